The van der Waals surface area contributed by atoms with E-state index in [2.05, 4.69) is 33.5 Å². The summed E-state index contributed by atoms with van der Waals surface area (Å²) in [6.45, 7) is 0. The van der Waals surface area contributed by atoms with Gasteiger partial charge in [-0.3, -0.25) is 14.0 Å². The van der Waals surface area contributed by atoms with Crippen LogP contribution in [-0.2, 0) is 21.7 Å². The first-order valence-corrected chi connectivity index (χ1v) is 10.3. The molecule has 0 atom stereocenters. The average Bonchev–Trinajstić information content (AvgIpc) is 3.70. The predicted octanol–water partition coefficient (Wildman–Crippen LogP) is 5.01. The molecule has 0 N–H and O–H groups in total. The van der Waals surface area contributed by atoms with E-state index in [9.17, 15) is 0 Å². The number of aromatic nitrogens is 6. The molecule has 7 heteroatoms. The number of hydrogen-bond acceptors (Lipinski definition) is 3. The molecule has 0 aliphatic rings. The van der Waals surface area contributed by atoms with Crippen molar-refractivity contribution in [2.75, 3.05) is 0 Å². The van der Waals surface area contributed by atoms with Crippen molar-refractivity contribution in [1.82, 2.24) is 29.3 Å². The molecule has 34 heavy (non-hydrogen) atoms. The Bertz CT molecular complexity index is 1100. The van der Waals surface area contributed by atoms with Gasteiger partial charge in [-0.2, -0.15) is 88.1 Å². The molecule has 0 spiro atoms. The van der Waals surface area contributed by atoms with E-state index in [-0.39, 0.29) is 21.7 Å². The van der Waals surface area contributed by atoms with E-state index < -0.39 is 0 Å². The number of rotatable bonds is 3. The van der Waals surface area contributed by atoms with Gasteiger partial charge in [0, 0.05) is 37.2 Å². The third kappa shape index (κ3) is 7.27. The second kappa shape index (κ2) is 13.5. The number of nitrogens with zero attached hydrogens (tertiary/aromatic N) is 6. The Kier molecular flexibility index (Phi) is 9.81. The molecule has 0 amide bonds. The molecule has 0 saturated carbocycles. The van der Waals surface area contributed by atoms with Gasteiger partial charge in [-0.15, -0.1) is 18.2 Å². The van der Waals surface area contributed by atoms with Crippen LogP contribution in [0.15, 0.2) is 128 Å². The fourth-order valence-corrected chi connectivity index (χ4v) is 2.81. The van der Waals surface area contributed by atoms with E-state index in [1.165, 1.54) is 0 Å². The Morgan fingerprint density at radius 1 is 0.441 bits per heavy atom. The smallest absolute Gasteiger partial charge is 0.266 e. The summed E-state index contributed by atoms with van der Waals surface area (Å²) in [5.41, 5.74) is 2.91. The Labute approximate surface area is 214 Å². The third-order valence-corrected chi connectivity index (χ3v) is 4.33. The molecule has 3 aromatic carbocycles. The van der Waals surface area contributed by atoms with Gasteiger partial charge >= 0.3 is 21.7 Å². The molecule has 0 bridgehead atoms. The molecule has 0 fully saturated rings. The molecule has 0 unspecified atom stereocenters. The van der Waals surface area contributed by atoms with Gasteiger partial charge in [0.05, 0.1) is 0 Å². The maximum atomic E-state index is 4.07. The fraction of sp³-hybridized carbons (Fsp3) is 0. The predicted molar refractivity (Wildman–Crippen MR) is 127 cm³/mol. The summed E-state index contributed by atoms with van der Waals surface area (Å²) in [7, 11) is 0. The van der Waals surface area contributed by atoms with Crippen LogP contribution in [0, 0.1) is 18.2 Å². The Hall–Kier alpha value is -4.00. The summed E-state index contributed by atoms with van der Waals surface area (Å²) < 4.78 is 5.33. The van der Waals surface area contributed by atoms with Gasteiger partial charge in [0.1, 0.15) is 0 Å². The standard InChI is InChI=1S/3C9H7N2.Ti/c3*1-2-5-9(6-3-1)11-8-4-7-10-11;/h3*1-5,7-8H;/q3*-1;+3. The maximum Gasteiger partial charge on any atom is 3.00 e. The number of benzene rings is 3. The second-order valence-corrected chi connectivity index (χ2v) is 6.60. The molecule has 0 saturated heterocycles. The van der Waals surface area contributed by atoms with Crippen molar-refractivity contribution in [2.24, 2.45) is 0 Å². The van der Waals surface area contributed by atoms with Crippen LogP contribution in [0.2, 0.25) is 0 Å². The summed E-state index contributed by atoms with van der Waals surface area (Å²) in [4.78, 5) is 0. The van der Waals surface area contributed by atoms with Gasteiger partial charge in [0.25, 0.3) is 0 Å². The molecule has 163 valence electrons. The molecule has 3 heterocycles. The van der Waals surface area contributed by atoms with E-state index in [1.807, 2.05) is 110 Å². The van der Waals surface area contributed by atoms with Crippen LogP contribution in [0.3, 0.4) is 0 Å². The Morgan fingerprint density at radius 3 is 0.971 bits per heavy atom. The van der Waals surface area contributed by atoms with Crippen LogP contribution >= 0.6 is 0 Å². The molecule has 3 aromatic heterocycles. The molecule has 0 aliphatic carbocycles. The van der Waals surface area contributed by atoms with Gasteiger partial charge in [-0.1, -0.05) is 0 Å². The number of hydrogen-bond donors (Lipinski definition) is 0. The van der Waals surface area contributed by atoms with E-state index >= 15 is 0 Å². The molecule has 6 aromatic rings. The van der Waals surface area contributed by atoms with Crippen molar-refractivity contribution < 1.29 is 21.7 Å². The van der Waals surface area contributed by atoms with Crippen molar-refractivity contribution in [3.05, 3.63) is 146 Å². The Morgan fingerprint density at radius 2 is 0.765 bits per heavy atom. The largest absolute Gasteiger partial charge is 3.00 e. The first-order chi connectivity index (χ1) is 16.4. The molecular weight excluding hydrogens is 456 g/mol. The Balaban J connectivity index is 0.000000141. The van der Waals surface area contributed by atoms with Crippen LogP contribution in [0.5, 0.6) is 0 Å². The van der Waals surface area contributed by atoms with E-state index in [4.69, 9.17) is 0 Å². The van der Waals surface area contributed by atoms with Gasteiger partial charge in [0.15, 0.2) is 0 Å². The third-order valence-electron chi connectivity index (χ3n) is 4.33. The topological polar surface area (TPSA) is 53.5 Å². The fourth-order valence-electron chi connectivity index (χ4n) is 2.81. The minimum absolute atomic E-state index is 0. The van der Waals surface area contributed by atoms with Crippen molar-refractivity contribution in [1.29, 1.82) is 0 Å². The first-order valence-electron chi connectivity index (χ1n) is 10.3. The van der Waals surface area contributed by atoms with Crippen molar-refractivity contribution >= 4 is 0 Å². The summed E-state index contributed by atoms with van der Waals surface area (Å²) in [5.74, 6) is 0. The maximum absolute atomic E-state index is 4.07. The molecular formula is C27H21N6Ti. The van der Waals surface area contributed by atoms with Gasteiger partial charge in [-0.25, -0.2) is 0 Å². The summed E-state index contributed by atoms with van der Waals surface area (Å²) in [5, 5.41) is 12.2. The zero-order chi connectivity index (χ0) is 22.6. The first kappa shape index (κ1) is 24.6. The van der Waals surface area contributed by atoms with Crippen LogP contribution in [0.25, 0.3) is 17.1 Å². The van der Waals surface area contributed by atoms with Crippen molar-refractivity contribution in [2.45, 2.75) is 0 Å². The normalized spacial score (nSPS) is 9.53. The molecule has 6 rings (SSSR count). The van der Waals surface area contributed by atoms with Crippen LogP contribution in [0.4, 0.5) is 0 Å². The second-order valence-electron chi connectivity index (χ2n) is 6.60. The van der Waals surface area contributed by atoms with E-state index in [0.29, 0.717) is 0 Å². The minimum Gasteiger partial charge on any atom is -0.266 e. The number of para-hydroxylation sites is 3. The molecule has 6 nitrogen and oxygen atoms in total. The van der Waals surface area contributed by atoms with Gasteiger partial charge in [-0.05, 0) is 35.3 Å². The summed E-state index contributed by atoms with van der Waals surface area (Å²) in [6.07, 6.45) is 10.9. The van der Waals surface area contributed by atoms with Crippen LogP contribution < -0.4 is 0 Å². The van der Waals surface area contributed by atoms with Crippen LogP contribution in [-0.4, -0.2) is 29.3 Å². The van der Waals surface area contributed by atoms with Gasteiger partial charge in [0.2, 0.25) is 0 Å². The summed E-state index contributed by atoms with van der Waals surface area (Å²) in [6, 6.07) is 38.1. The average molecular weight is 477 g/mol. The quantitative estimate of drug-likeness (QED) is 0.266. The van der Waals surface area contributed by atoms with E-state index in [1.54, 1.807) is 32.6 Å². The van der Waals surface area contributed by atoms with Crippen LogP contribution in [0.1, 0.15) is 0 Å². The van der Waals surface area contributed by atoms with Crippen molar-refractivity contribution in [3.63, 3.8) is 0 Å². The van der Waals surface area contributed by atoms with Gasteiger partial charge < -0.3 is 0 Å². The zero-order valence-corrected chi connectivity index (χ0v) is 19.9. The monoisotopic (exact) mass is 477 g/mol. The molecule has 0 aliphatic heterocycles. The minimum atomic E-state index is 0. The van der Waals surface area contributed by atoms with E-state index in [0.717, 1.165) is 17.1 Å². The van der Waals surface area contributed by atoms with Crippen molar-refractivity contribution in [3.8, 4) is 17.1 Å². The molecule has 1 radical (unpaired) electrons. The summed E-state index contributed by atoms with van der Waals surface area (Å²) >= 11 is 0. The zero-order valence-electron chi connectivity index (χ0n) is 18.3. The SMILES string of the molecule is [Ti+3].[c-]1ccccc1-n1cccn1.[c-]1ccccc1-n1cccn1.[c-]1ccccc1-n1cccn1.